The average Bonchev–Trinajstić information content (AvgIpc) is 3.32. The molecule has 0 aromatic carbocycles. The molecule has 3 unspecified atom stereocenters. The highest BCUT2D eigenvalue weighted by molar-refractivity contribution is 7.47. The van der Waals surface area contributed by atoms with Crippen molar-refractivity contribution in [1.29, 1.82) is 0 Å². The normalized spacial score (nSPS) is 14.1. The first kappa shape index (κ1) is 64.7. The predicted molar refractivity (Wildman–Crippen MR) is 279 cm³/mol. The number of esters is 3. The third-order valence-electron chi connectivity index (χ3n) is 10.8. The lowest BCUT2D eigenvalue weighted by Crippen LogP contribution is -2.30. The number of phosphoric ester groups is 1. The van der Waals surface area contributed by atoms with Gasteiger partial charge in [-0.15, -0.1) is 0 Å². The van der Waals surface area contributed by atoms with E-state index in [1.54, 1.807) is 6.08 Å². The lowest BCUT2D eigenvalue weighted by atomic mass is 10.1. The van der Waals surface area contributed by atoms with Crippen molar-refractivity contribution in [2.24, 2.45) is 0 Å². The minimum atomic E-state index is -4.77. The summed E-state index contributed by atoms with van der Waals surface area (Å²) in [4.78, 5) is 48.3. The Hall–Kier alpha value is -3.34. The van der Waals surface area contributed by atoms with Crippen LogP contribution in [-0.4, -0.2) is 66.5 Å². The van der Waals surface area contributed by atoms with Gasteiger partial charge >= 0.3 is 25.7 Å². The molecule has 0 aliphatic carbocycles. The lowest BCUT2D eigenvalue weighted by molar-refractivity contribution is -0.161. The van der Waals surface area contributed by atoms with E-state index in [9.17, 15) is 28.9 Å². The van der Waals surface area contributed by atoms with Crippen molar-refractivity contribution >= 4 is 25.7 Å². The summed E-state index contributed by atoms with van der Waals surface area (Å²) in [5.74, 6) is -1.64. The molecule has 2 N–H and O–H groups in total. The van der Waals surface area contributed by atoms with Gasteiger partial charge in [0.1, 0.15) is 12.7 Å². The highest BCUT2D eigenvalue weighted by Crippen LogP contribution is 2.43. The molecule has 0 aromatic rings. The van der Waals surface area contributed by atoms with E-state index in [4.69, 9.17) is 23.3 Å². The summed E-state index contributed by atoms with van der Waals surface area (Å²) >= 11 is 0. The van der Waals surface area contributed by atoms with Gasteiger partial charge < -0.3 is 24.2 Å². The van der Waals surface area contributed by atoms with E-state index in [0.29, 0.717) is 19.3 Å². The van der Waals surface area contributed by atoms with Crippen molar-refractivity contribution < 1.29 is 52.2 Å². The average molecular weight is 975 g/mol. The van der Waals surface area contributed by atoms with Crippen LogP contribution in [-0.2, 0) is 42.2 Å². The summed E-state index contributed by atoms with van der Waals surface area (Å²) in [6.07, 6.45) is 55.8. The highest BCUT2D eigenvalue weighted by atomic mass is 31.2. The van der Waals surface area contributed by atoms with E-state index in [2.05, 4.69) is 87.6 Å². The Morgan fingerprint density at radius 3 is 1.28 bits per heavy atom. The number of hydrogen-bond donors (Lipinski definition) is 2. The Kier molecular flexibility index (Phi) is 47.6. The fourth-order valence-corrected chi connectivity index (χ4v) is 7.54. The van der Waals surface area contributed by atoms with Crippen molar-refractivity contribution in [2.75, 3.05) is 26.4 Å². The van der Waals surface area contributed by atoms with E-state index in [0.717, 1.165) is 103 Å². The first-order valence-corrected chi connectivity index (χ1v) is 28.0. The van der Waals surface area contributed by atoms with Crippen LogP contribution in [0.2, 0.25) is 0 Å². The Morgan fingerprint density at radius 1 is 0.441 bits per heavy atom. The van der Waals surface area contributed by atoms with E-state index in [1.807, 2.05) is 12.2 Å². The van der Waals surface area contributed by atoms with Gasteiger partial charge in [0.2, 0.25) is 0 Å². The van der Waals surface area contributed by atoms with Gasteiger partial charge in [0.25, 0.3) is 0 Å². The first-order chi connectivity index (χ1) is 33.2. The van der Waals surface area contributed by atoms with Crippen molar-refractivity contribution in [1.82, 2.24) is 0 Å². The number of phosphoric acid groups is 1. The van der Waals surface area contributed by atoms with E-state index in [1.165, 1.54) is 51.4 Å². The third-order valence-corrected chi connectivity index (χ3v) is 11.8. The predicted octanol–water partition coefficient (Wildman–Crippen LogP) is 15.1. The number of aliphatic hydroxyl groups excluding tert-OH is 1. The van der Waals surface area contributed by atoms with Gasteiger partial charge in [-0.1, -0.05) is 189 Å². The highest BCUT2D eigenvalue weighted by Gasteiger charge is 2.28. The Morgan fingerprint density at radius 2 is 0.824 bits per heavy atom. The quantitative estimate of drug-likeness (QED) is 0.0197. The summed E-state index contributed by atoms with van der Waals surface area (Å²) in [6.45, 7) is 4.33. The SMILES string of the molecule is CC/C=C\C/C=C\C/C=C\C/C=C\C/C=C\CC(=O)OCC(COP(=O)(O)OCC(CO)OC(=O)CCCCCCC/C=C\CCCC)OC(=O)CCCCCCC/C=C\CCCCCCCC. The van der Waals surface area contributed by atoms with Gasteiger partial charge in [-0.05, 0) is 89.9 Å². The second kappa shape index (κ2) is 50.1. The van der Waals surface area contributed by atoms with Crippen LogP contribution in [0.4, 0.5) is 0 Å². The summed E-state index contributed by atoms with van der Waals surface area (Å²) < 4.78 is 39.2. The van der Waals surface area contributed by atoms with Gasteiger partial charge in [-0.2, -0.15) is 0 Å². The van der Waals surface area contributed by atoms with Gasteiger partial charge in [-0.3, -0.25) is 23.4 Å². The Balaban J connectivity index is 4.88. The fourth-order valence-electron chi connectivity index (χ4n) is 6.76. The molecule has 0 heterocycles. The van der Waals surface area contributed by atoms with Crippen LogP contribution in [0.25, 0.3) is 0 Å². The van der Waals surface area contributed by atoms with Gasteiger partial charge in [-0.25, -0.2) is 4.57 Å². The Labute approximate surface area is 413 Å². The smallest absolute Gasteiger partial charge is 0.461 e. The molecule has 11 nitrogen and oxygen atoms in total. The Bertz CT molecular complexity index is 1460. The minimum absolute atomic E-state index is 0.0100. The van der Waals surface area contributed by atoms with Crippen LogP contribution in [0, 0.1) is 0 Å². The van der Waals surface area contributed by atoms with Gasteiger partial charge in [0.15, 0.2) is 6.10 Å². The van der Waals surface area contributed by atoms with E-state index >= 15 is 0 Å². The molecule has 0 saturated heterocycles. The molecular weight excluding hydrogens is 880 g/mol. The van der Waals surface area contributed by atoms with E-state index in [-0.39, 0.29) is 19.3 Å². The van der Waals surface area contributed by atoms with Gasteiger partial charge in [0, 0.05) is 12.8 Å². The van der Waals surface area contributed by atoms with Crippen LogP contribution in [0.15, 0.2) is 85.1 Å². The van der Waals surface area contributed by atoms with Crippen LogP contribution in [0.3, 0.4) is 0 Å². The molecular formula is C56H95O11P. The molecule has 0 fully saturated rings. The number of carbonyl (C=O) groups is 3. The molecule has 0 radical (unpaired) electrons. The van der Waals surface area contributed by atoms with Crippen LogP contribution in [0.5, 0.6) is 0 Å². The zero-order chi connectivity index (χ0) is 49.9. The second-order valence-electron chi connectivity index (χ2n) is 17.3. The number of unbranched alkanes of at least 4 members (excludes halogenated alkanes) is 18. The summed E-state index contributed by atoms with van der Waals surface area (Å²) in [7, 11) is -4.77. The molecule has 390 valence electrons. The summed E-state index contributed by atoms with van der Waals surface area (Å²) in [6, 6.07) is 0. The van der Waals surface area contributed by atoms with Crippen molar-refractivity contribution in [3.8, 4) is 0 Å². The van der Waals surface area contributed by atoms with Crippen LogP contribution < -0.4 is 0 Å². The molecule has 0 amide bonds. The van der Waals surface area contributed by atoms with Crippen molar-refractivity contribution in [2.45, 2.75) is 226 Å². The van der Waals surface area contributed by atoms with Crippen LogP contribution >= 0.6 is 7.82 Å². The minimum Gasteiger partial charge on any atom is -0.461 e. The molecule has 0 bridgehead atoms. The maximum atomic E-state index is 12.8. The zero-order valence-electron chi connectivity index (χ0n) is 42.8. The maximum Gasteiger partial charge on any atom is 0.472 e. The van der Waals surface area contributed by atoms with Crippen molar-refractivity contribution in [3.05, 3.63) is 85.1 Å². The topological polar surface area (TPSA) is 155 Å². The first-order valence-electron chi connectivity index (χ1n) is 26.5. The summed E-state index contributed by atoms with van der Waals surface area (Å²) in [5, 5.41) is 9.76. The summed E-state index contributed by atoms with van der Waals surface area (Å²) in [5.41, 5.74) is 0. The number of carbonyl (C=O) groups excluding carboxylic acids is 3. The van der Waals surface area contributed by atoms with Crippen molar-refractivity contribution in [3.63, 3.8) is 0 Å². The number of allylic oxidation sites excluding steroid dienone is 13. The fraction of sp³-hybridized carbons (Fsp3) is 0.696. The molecule has 0 saturated carbocycles. The lowest BCUT2D eigenvalue weighted by Gasteiger charge is -2.21. The maximum absolute atomic E-state index is 12.8. The van der Waals surface area contributed by atoms with E-state index < -0.39 is 64.4 Å². The monoisotopic (exact) mass is 975 g/mol. The number of aliphatic hydroxyl groups is 1. The molecule has 0 spiro atoms. The zero-order valence-corrected chi connectivity index (χ0v) is 43.7. The van der Waals surface area contributed by atoms with Crippen LogP contribution in [0.1, 0.15) is 213 Å². The molecule has 0 aromatic heterocycles. The number of hydrogen-bond acceptors (Lipinski definition) is 10. The third kappa shape index (κ3) is 47.7. The second-order valence-corrected chi connectivity index (χ2v) is 18.8. The number of rotatable bonds is 48. The molecule has 0 aliphatic heterocycles. The molecule has 12 heteroatoms. The van der Waals surface area contributed by atoms with Gasteiger partial charge in [0.05, 0.1) is 26.2 Å². The molecule has 0 rings (SSSR count). The molecule has 68 heavy (non-hydrogen) atoms. The number of ether oxygens (including phenoxy) is 3. The molecule has 3 atom stereocenters. The standard InChI is InChI=1S/C56H95O11P/c1-4-7-10-13-16-19-22-24-26-28-31-33-36-39-42-45-54(58)63-49-53(67-56(60)47-44-41-38-35-32-29-27-25-23-20-17-14-11-8-5-2)51-65-68(61,62)64-50-52(48-57)66-55(59)46-43-40-37-34-30-21-18-15-12-9-6-3/h7,10,15-16,18-19,24-27,31,33,39,42,52-53,57H,4-6,8-9,11-14,17,20-23,28-30,32,34-38,40-41,43-51H2,1-3H3,(H,61,62)/b10-7-,18-15-,19-16-,26-24-,27-25-,33-31-,42-39-. The largest absolute Gasteiger partial charge is 0.472 e. The molecule has 0 aliphatic rings.